The van der Waals surface area contributed by atoms with Gasteiger partial charge in [-0.25, -0.2) is 13.6 Å². The smallest absolute Gasteiger partial charge is 0.328 e. The van der Waals surface area contributed by atoms with Crippen molar-refractivity contribution in [2.75, 3.05) is 0 Å². The summed E-state index contributed by atoms with van der Waals surface area (Å²) < 4.78 is 32.2. The van der Waals surface area contributed by atoms with Crippen molar-refractivity contribution in [2.24, 2.45) is 0 Å². The van der Waals surface area contributed by atoms with E-state index in [9.17, 15) is 13.6 Å². The average molecular weight is 355 g/mol. The molecule has 0 atom stereocenters. The van der Waals surface area contributed by atoms with Crippen LogP contribution in [-0.4, -0.2) is 11.1 Å². The first-order valence-electron chi connectivity index (χ1n) is 5.79. The van der Waals surface area contributed by atoms with E-state index in [0.29, 0.717) is 15.8 Å². The Hall–Kier alpha value is -2.21. The van der Waals surface area contributed by atoms with E-state index in [1.165, 1.54) is 12.1 Å². The van der Waals surface area contributed by atoms with Crippen molar-refractivity contribution in [1.82, 2.24) is 0 Å². The van der Waals surface area contributed by atoms with E-state index in [1.54, 1.807) is 18.2 Å². The number of carboxylic acid groups (broad SMARTS) is 1. The quantitative estimate of drug-likeness (QED) is 0.815. The van der Waals surface area contributed by atoms with E-state index >= 15 is 0 Å². The number of halogens is 3. The van der Waals surface area contributed by atoms with Crippen molar-refractivity contribution in [3.05, 3.63) is 64.1 Å². The fraction of sp³-hybridized carbons (Fsp3) is 0. The van der Waals surface area contributed by atoms with Gasteiger partial charge in [-0.3, -0.25) is 0 Å². The molecule has 0 amide bonds. The number of ether oxygens (including phenoxy) is 1. The van der Waals surface area contributed by atoms with Crippen LogP contribution < -0.4 is 4.74 Å². The Morgan fingerprint density at radius 3 is 2.57 bits per heavy atom. The molecule has 0 fully saturated rings. The Morgan fingerprint density at radius 2 is 1.90 bits per heavy atom. The van der Waals surface area contributed by atoms with Crippen LogP contribution in [-0.2, 0) is 4.79 Å². The number of carbonyl (C=O) groups is 1. The average Bonchev–Trinajstić information content (AvgIpc) is 2.42. The molecule has 0 aromatic heterocycles. The molecule has 0 saturated carbocycles. The third kappa shape index (κ3) is 4.13. The van der Waals surface area contributed by atoms with Crippen molar-refractivity contribution in [3.8, 4) is 11.5 Å². The van der Waals surface area contributed by atoms with E-state index in [4.69, 9.17) is 9.84 Å². The highest BCUT2D eigenvalue weighted by Gasteiger charge is 2.07. The molecule has 0 saturated heterocycles. The highest BCUT2D eigenvalue weighted by Crippen LogP contribution is 2.30. The van der Waals surface area contributed by atoms with E-state index < -0.39 is 17.6 Å². The van der Waals surface area contributed by atoms with Gasteiger partial charge in [-0.2, -0.15) is 0 Å². The van der Waals surface area contributed by atoms with E-state index in [0.717, 1.165) is 18.2 Å². The zero-order valence-electron chi connectivity index (χ0n) is 10.5. The summed E-state index contributed by atoms with van der Waals surface area (Å²) in [4.78, 5) is 10.6. The molecule has 0 spiro atoms. The number of hydrogen-bond donors (Lipinski definition) is 1. The molecule has 2 aromatic rings. The number of benzene rings is 2. The summed E-state index contributed by atoms with van der Waals surface area (Å²) in [5.74, 6) is -2.67. The molecule has 2 rings (SSSR count). The molecule has 1 N–H and O–H groups in total. The Bertz CT molecular complexity index is 714. The zero-order valence-corrected chi connectivity index (χ0v) is 12.1. The first-order valence-corrected chi connectivity index (χ1v) is 6.58. The topological polar surface area (TPSA) is 46.5 Å². The second kappa shape index (κ2) is 6.49. The molecule has 0 unspecified atom stereocenters. The minimum atomic E-state index is -1.10. The predicted octanol–water partition coefficient (Wildman–Crippen LogP) is 4.62. The SMILES string of the molecule is O=C(O)/C=C/c1ccc(Br)cc1Oc1ccc(F)c(F)c1. The minimum Gasteiger partial charge on any atom is -0.478 e. The highest BCUT2D eigenvalue weighted by atomic mass is 79.9. The molecule has 21 heavy (non-hydrogen) atoms. The van der Waals surface area contributed by atoms with Crippen LogP contribution in [0.4, 0.5) is 8.78 Å². The number of carboxylic acids is 1. The highest BCUT2D eigenvalue weighted by molar-refractivity contribution is 9.10. The molecule has 0 aliphatic carbocycles. The van der Waals surface area contributed by atoms with Gasteiger partial charge in [-0.15, -0.1) is 0 Å². The van der Waals surface area contributed by atoms with Gasteiger partial charge >= 0.3 is 5.97 Å². The normalized spacial score (nSPS) is 10.8. The maximum atomic E-state index is 13.2. The lowest BCUT2D eigenvalue weighted by molar-refractivity contribution is -0.131. The van der Waals surface area contributed by atoms with E-state index in [2.05, 4.69) is 15.9 Å². The van der Waals surface area contributed by atoms with Gasteiger partial charge in [0.2, 0.25) is 0 Å². The third-order valence-electron chi connectivity index (χ3n) is 2.50. The van der Waals surface area contributed by atoms with Crippen molar-refractivity contribution in [3.63, 3.8) is 0 Å². The summed E-state index contributed by atoms with van der Waals surface area (Å²) in [5, 5.41) is 8.65. The van der Waals surface area contributed by atoms with Crippen molar-refractivity contribution >= 4 is 28.0 Å². The predicted molar refractivity (Wildman–Crippen MR) is 77.2 cm³/mol. The van der Waals surface area contributed by atoms with Crippen molar-refractivity contribution in [2.45, 2.75) is 0 Å². The van der Waals surface area contributed by atoms with Crippen LogP contribution >= 0.6 is 15.9 Å². The minimum absolute atomic E-state index is 0.108. The molecule has 108 valence electrons. The van der Waals surface area contributed by atoms with Crippen LogP contribution in [0, 0.1) is 11.6 Å². The van der Waals surface area contributed by atoms with Gasteiger partial charge in [0, 0.05) is 22.2 Å². The van der Waals surface area contributed by atoms with Crippen molar-refractivity contribution in [1.29, 1.82) is 0 Å². The molecule has 3 nitrogen and oxygen atoms in total. The fourth-order valence-electron chi connectivity index (χ4n) is 1.56. The molecular formula is C15H9BrF2O3. The molecule has 0 aliphatic heterocycles. The molecule has 0 aliphatic rings. The molecular weight excluding hydrogens is 346 g/mol. The summed E-state index contributed by atoms with van der Waals surface area (Å²) >= 11 is 3.26. The Labute approximate surface area is 127 Å². The molecule has 0 radical (unpaired) electrons. The molecule has 2 aromatic carbocycles. The van der Waals surface area contributed by atoms with Crippen LogP contribution in [0.5, 0.6) is 11.5 Å². The number of hydrogen-bond acceptors (Lipinski definition) is 2. The summed E-state index contributed by atoms with van der Waals surface area (Å²) in [5.41, 5.74) is 0.491. The van der Waals surface area contributed by atoms with Crippen LogP contribution in [0.2, 0.25) is 0 Å². The van der Waals surface area contributed by atoms with Gasteiger partial charge in [-0.1, -0.05) is 22.0 Å². The lowest BCUT2D eigenvalue weighted by Crippen LogP contribution is -1.91. The Kier molecular flexibility index (Phi) is 4.70. The third-order valence-corrected chi connectivity index (χ3v) is 2.99. The Morgan fingerprint density at radius 1 is 1.14 bits per heavy atom. The second-order valence-corrected chi connectivity index (χ2v) is 4.95. The lowest BCUT2D eigenvalue weighted by Gasteiger charge is -2.09. The Balaban J connectivity index is 2.35. The summed E-state index contributed by atoms with van der Waals surface area (Å²) in [6.07, 6.45) is 2.31. The maximum Gasteiger partial charge on any atom is 0.328 e. The second-order valence-electron chi connectivity index (χ2n) is 4.03. The maximum absolute atomic E-state index is 13.2. The largest absolute Gasteiger partial charge is 0.478 e. The number of aliphatic carboxylic acids is 1. The standard InChI is InChI=1S/C15H9BrF2O3/c16-10-3-1-9(2-6-15(19)20)14(7-10)21-11-4-5-12(17)13(18)8-11/h1-8H,(H,19,20)/b6-2+. The van der Waals surface area contributed by atoms with Gasteiger partial charge in [0.25, 0.3) is 0 Å². The zero-order chi connectivity index (χ0) is 15.4. The van der Waals surface area contributed by atoms with Crippen LogP contribution in [0.15, 0.2) is 46.9 Å². The van der Waals surface area contributed by atoms with E-state index in [-0.39, 0.29) is 5.75 Å². The van der Waals surface area contributed by atoms with Crippen molar-refractivity contribution < 1.29 is 23.4 Å². The van der Waals surface area contributed by atoms with Crippen LogP contribution in [0.25, 0.3) is 6.08 Å². The molecule has 0 bridgehead atoms. The summed E-state index contributed by atoms with van der Waals surface area (Å²) in [6, 6.07) is 8.10. The fourth-order valence-corrected chi connectivity index (χ4v) is 1.90. The monoisotopic (exact) mass is 354 g/mol. The lowest BCUT2D eigenvalue weighted by atomic mass is 10.2. The van der Waals surface area contributed by atoms with Crippen LogP contribution in [0.3, 0.4) is 0 Å². The van der Waals surface area contributed by atoms with Gasteiger partial charge in [0.15, 0.2) is 11.6 Å². The van der Waals surface area contributed by atoms with E-state index in [1.807, 2.05) is 0 Å². The van der Waals surface area contributed by atoms with Gasteiger partial charge < -0.3 is 9.84 Å². The van der Waals surface area contributed by atoms with Gasteiger partial charge in [0.1, 0.15) is 11.5 Å². The first kappa shape index (κ1) is 15.2. The number of rotatable bonds is 4. The van der Waals surface area contributed by atoms with Gasteiger partial charge in [-0.05, 0) is 30.3 Å². The van der Waals surface area contributed by atoms with Crippen LogP contribution in [0.1, 0.15) is 5.56 Å². The first-order chi connectivity index (χ1) is 9.95. The van der Waals surface area contributed by atoms with Gasteiger partial charge in [0.05, 0.1) is 0 Å². The molecule has 6 heteroatoms. The summed E-state index contributed by atoms with van der Waals surface area (Å²) in [7, 11) is 0. The summed E-state index contributed by atoms with van der Waals surface area (Å²) in [6.45, 7) is 0. The molecule has 0 heterocycles.